The molecule has 142 valence electrons. The zero-order valence-corrected chi connectivity index (χ0v) is 15.8. The van der Waals surface area contributed by atoms with Crippen LogP contribution in [0.3, 0.4) is 0 Å². The first kappa shape index (κ1) is 18.1. The number of hydrogen-bond acceptors (Lipinski definition) is 5. The van der Waals surface area contributed by atoms with Gasteiger partial charge in [-0.3, -0.25) is 14.7 Å². The Kier molecular flexibility index (Phi) is 4.74. The second kappa shape index (κ2) is 7.05. The Balaban J connectivity index is 1.54. The molecule has 2 saturated heterocycles. The summed E-state index contributed by atoms with van der Waals surface area (Å²) in [5.41, 5.74) is 1.62. The van der Waals surface area contributed by atoms with Crippen LogP contribution < -0.4 is 4.74 Å². The van der Waals surface area contributed by atoms with Crippen LogP contribution >= 0.6 is 7.67 Å². The third kappa shape index (κ3) is 4.04. The highest BCUT2D eigenvalue weighted by Gasteiger charge is 2.49. The van der Waals surface area contributed by atoms with E-state index in [-0.39, 0.29) is 18.0 Å². The van der Waals surface area contributed by atoms with E-state index in [1.165, 1.54) is 6.07 Å². The van der Waals surface area contributed by atoms with E-state index in [1.807, 2.05) is 28.4 Å². The van der Waals surface area contributed by atoms with Crippen molar-refractivity contribution in [1.82, 2.24) is 9.34 Å². The van der Waals surface area contributed by atoms with Gasteiger partial charge < -0.3 is 9.26 Å². The van der Waals surface area contributed by atoms with Crippen molar-refractivity contribution in [3.8, 4) is 11.5 Å². The van der Waals surface area contributed by atoms with Crippen LogP contribution in [0.4, 0.5) is 5.69 Å². The van der Waals surface area contributed by atoms with Gasteiger partial charge in [-0.25, -0.2) is 9.34 Å². The Morgan fingerprint density at radius 3 is 2.26 bits per heavy atom. The summed E-state index contributed by atoms with van der Waals surface area (Å²) in [4.78, 5) is 10.8. The minimum absolute atomic E-state index is 0.104. The molecule has 2 aliphatic heterocycles. The molecule has 0 aromatic heterocycles. The van der Waals surface area contributed by atoms with E-state index in [4.69, 9.17) is 9.26 Å². The van der Waals surface area contributed by atoms with Crippen molar-refractivity contribution in [3.63, 3.8) is 0 Å². The average molecular weight is 389 g/mol. The first-order chi connectivity index (χ1) is 13.0. The Morgan fingerprint density at radius 2 is 1.70 bits per heavy atom. The molecule has 0 N–H and O–H groups in total. The van der Waals surface area contributed by atoms with Crippen LogP contribution in [0.1, 0.15) is 11.1 Å². The minimum atomic E-state index is -2.93. The first-order valence-electron chi connectivity index (χ1n) is 8.73. The van der Waals surface area contributed by atoms with Crippen molar-refractivity contribution >= 4 is 13.4 Å². The molecular formula is C18H20N3O5P. The number of benzene rings is 2. The highest BCUT2D eigenvalue weighted by atomic mass is 31.2. The van der Waals surface area contributed by atoms with Crippen molar-refractivity contribution in [3.05, 3.63) is 63.7 Å². The highest BCUT2D eigenvalue weighted by Crippen LogP contribution is 2.61. The molecule has 0 bridgehead atoms. The summed E-state index contributed by atoms with van der Waals surface area (Å²) < 4.78 is 28.1. The van der Waals surface area contributed by atoms with Crippen molar-refractivity contribution in [2.75, 3.05) is 26.2 Å². The molecule has 0 spiro atoms. The first-order valence-corrected chi connectivity index (χ1v) is 10.3. The lowest BCUT2D eigenvalue weighted by molar-refractivity contribution is -0.385. The van der Waals surface area contributed by atoms with Gasteiger partial charge >= 0.3 is 13.4 Å². The molecule has 2 aromatic carbocycles. The van der Waals surface area contributed by atoms with E-state index < -0.39 is 12.6 Å². The van der Waals surface area contributed by atoms with Crippen molar-refractivity contribution in [2.45, 2.75) is 13.5 Å². The van der Waals surface area contributed by atoms with Gasteiger partial charge in [0.15, 0.2) is 0 Å². The van der Waals surface area contributed by atoms with Gasteiger partial charge in [0.2, 0.25) is 5.75 Å². The van der Waals surface area contributed by atoms with Crippen LogP contribution in [0.25, 0.3) is 0 Å². The maximum absolute atomic E-state index is 13.0. The summed E-state index contributed by atoms with van der Waals surface area (Å²) in [7, 11) is -2.93. The molecule has 8 nitrogen and oxygen atoms in total. The SMILES string of the molecule is Cc1ccc(Oc2cc(COP(=O)(N3CC3)N3CC3)ccc2[N+](=O)[O-])cc1. The fourth-order valence-corrected chi connectivity index (χ4v) is 4.90. The average Bonchev–Trinajstić information content (AvgIpc) is 3.53. The van der Waals surface area contributed by atoms with Crippen LogP contribution in [0.15, 0.2) is 42.5 Å². The third-order valence-electron chi connectivity index (χ3n) is 4.43. The van der Waals surface area contributed by atoms with E-state index in [0.29, 0.717) is 11.3 Å². The number of ether oxygens (including phenoxy) is 1. The number of nitrogens with zero attached hydrogens (tertiary/aromatic N) is 3. The summed E-state index contributed by atoms with van der Waals surface area (Å²) >= 11 is 0. The van der Waals surface area contributed by atoms with Crippen LogP contribution in [-0.2, 0) is 15.7 Å². The van der Waals surface area contributed by atoms with Crippen LogP contribution in [-0.4, -0.2) is 40.4 Å². The van der Waals surface area contributed by atoms with Crippen LogP contribution in [0.2, 0.25) is 0 Å². The van der Waals surface area contributed by atoms with Gasteiger partial charge in [0.1, 0.15) is 5.75 Å². The molecule has 4 rings (SSSR count). The minimum Gasteiger partial charge on any atom is -0.450 e. The lowest BCUT2D eigenvalue weighted by atomic mass is 10.2. The molecule has 0 aliphatic carbocycles. The van der Waals surface area contributed by atoms with Gasteiger partial charge in [0.05, 0.1) is 11.5 Å². The van der Waals surface area contributed by atoms with E-state index in [9.17, 15) is 14.7 Å². The number of nitro groups is 1. The molecule has 0 saturated carbocycles. The molecule has 2 aliphatic rings. The Labute approximate surface area is 157 Å². The zero-order valence-electron chi connectivity index (χ0n) is 14.9. The summed E-state index contributed by atoms with van der Waals surface area (Å²) in [5, 5.41) is 11.3. The molecule has 0 unspecified atom stereocenters. The Hall–Kier alpha value is -2.25. The van der Waals surface area contributed by atoms with Crippen LogP contribution in [0.5, 0.6) is 11.5 Å². The number of aryl methyl sites for hydroxylation is 1. The molecule has 2 heterocycles. The molecule has 0 radical (unpaired) electrons. The number of nitro benzene ring substituents is 1. The molecule has 2 aromatic rings. The summed E-state index contributed by atoms with van der Waals surface area (Å²) in [6, 6.07) is 11.8. The van der Waals surface area contributed by atoms with Crippen molar-refractivity contribution in [1.29, 1.82) is 0 Å². The summed E-state index contributed by atoms with van der Waals surface area (Å²) in [6.45, 7) is 5.15. The Morgan fingerprint density at radius 1 is 1.07 bits per heavy atom. The van der Waals surface area contributed by atoms with Gasteiger partial charge in [0, 0.05) is 32.2 Å². The van der Waals surface area contributed by atoms with E-state index in [0.717, 1.165) is 31.7 Å². The van der Waals surface area contributed by atoms with Gasteiger partial charge in [-0.05, 0) is 36.8 Å². The zero-order chi connectivity index (χ0) is 19.0. The predicted octanol–water partition coefficient (Wildman–Crippen LogP) is 3.95. The number of hydrogen-bond donors (Lipinski definition) is 0. The van der Waals surface area contributed by atoms with Crippen LogP contribution in [0, 0.1) is 17.0 Å². The van der Waals surface area contributed by atoms with Gasteiger partial charge in [-0.15, -0.1) is 0 Å². The fraction of sp³-hybridized carbons (Fsp3) is 0.333. The summed E-state index contributed by atoms with van der Waals surface area (Å²) in [6.07, 6.45) is 0. The lowest BCUT2D eigenvalue weighted by Crippen LogP contribution is -2.08. The topological polar surface area (TPSA) is 84.7 Å². The monoisotopic (exact) mass is 389 g/mol. The fourth-order valence-electron chi connectivity index (χ4n) is 2.71. The van der Waals surface area contributed by atoms with E-state index in [1.54, 1.807) is 24.3 Å². The smallest absolute Gasteiger partial charge is 0.346 e. The van der Waals surface area contributed by atoms with E-state index >= 15 is 0 Å². The third-order valence-corrected chi connectivity index (χ3v) is 7.13. The molecule has 27 heavy (non-hydrogen) atoms. The second-order valence-corrected chi connectivity index (χ2v) is 9.02. The molecule has 9 heteroatoms. The highest BCUT2D eigenvalue weighted by molar-refractivity contribution is 7.54. The van der Waals surface area contributed by atoms with Gasteiger partial charge in [0.25, 0.3) is 0 Å². The molecule has 0 amide bonds. The largest absolute Gasteiger partial charge is 0.450 e. The molecule has 0 atom stereocenters. The predicted molar refractivity (Wildman–Crippen MR) is 99.9 cm³/mol. The second-order valence-electron chi connectivity index (χ2n) is 6.65. The van der Waals surface area contributed by atoms with Crippen molar-refractivity contribution < 1.29 is 18.7 Å². The summed E-state index contributed by atoms with van der Waals surface area (Å²) in [5.74, 6) is 0.652. The van der Waals surface area contributed by atoms with Crippen molar-refractivity contribution in [2.24, 2.45) is 0 Å². The maximum Gasteiger partial charge on any atom is 0.346 e. The van der Waals surface area contributed by atoms with Gasteiger partial charge in [-0.2, -0.15) is 0 Å². The number of rotatable bonds is 8. The van der Waals surface area contributed by atoms with E-state index in [2.05, 4.69) is 0 Å². The normalized spacial score (nSPS) is 16.9. The Bertz CT molecular complexity index is 894. The lowest BCUT2D eigenvalue weighted by Gasteiger charge is -2.19. The molecule has 2 fully saturated rings. The standard InChI is InChI=1S/C18H20N3O5P/c1-14-2-5-16(6-3-14)26-18-12-15(4-7-17(18)21(22)23)13-25-27(24,19-8-9-19)20-10-11-20/h2-7,12H,8-11,13H2,1H3. The molecular weight excluding hydrogens is 369 g/mol. The quantitative estimate of drug-likeness (QED) is 0.292. The van der Waals surface area contributed by atoms with Gasteiger partial charge in [-0.1, -0.05) is 17.7 Å². The maximum atomic E-state index is 13.0.